The molecule has 3 aromatic rings. The molecule has 4 N–H and O–H groups in total. The Balaban J connectivity index is 1.52. The molecule has 10 heteroatoms. The summed E-state index contributed by atoms with van der Waals surface area (Å²) in [6.45, 7) is 7.31. The topological polar surface area (TPSA) is 93.8 Å². The highest BCUT2D eigenvalue weighted by atomic mass is 19.1. The van der Waals surface area contributed by atoms with Gasteiger partial charge in [0.05, 0.1) is 5.52 Å². The molecule has 0 saturated carbocycles. The summed E-state index contributed by atoms with van der Waals surface area (Å²) in [5, 5.41) is 9.30. The van der Waals surface area contributed by atoms with Gasteiger partial charge in [-0.15, -0.1) is 0 Å². The first kappa shape index (κ1) is 26.4. The Morgan fingerprint density at radius 1 is 1.15 bits per heavy atom. The van der Waals surface area contributed by atoms with Crippen LogP contribution in [0.2, 0.25) is 0 Å². The normalized spacial score (nSPS) is 22.0. The Labute approximate surface area is 225 Å². The number of amidine groups is 1. The molecule has 204 valence electrons. The Hall–Kier alpha value is -4.18. The van der Waals surface area contributed by atoms with E-state index in [1.807, 2.05) is 37.3 Å². The van der Waals surface area contributed by atoms with Gasteiger partial charge in [0.2, 0.25) is 0 Å². The lowest BCUT2D eigenvalue weighted by Gasteiger charge is -2.29. The molecule has 0 aliphatic carbocycles. The Morgan fingerprint density at radius 2 is 1.90 bits per heavy atom. The van der Waals surface area contributed by atoms with E-state index in [2.05, 4.69) is 30.8 Å². The number of hydrogen-bond acceptors (Lipinski definition) is 6. The van der Waals surface area contributed by atoms with Crippen LogP contribution < -0.4 is 25.6 Å². The fourth-order valence-corrected chi connectivity index (χ4v) is 4.86. The summed E-state index contributed by atoms with van der Waals surface area (Å²) in [5.74, 6) is -2.02. The van der Waals surface area contributed by atoms with Gasteiger partial charge < -0.3 is 30.6 Å². The molecule has 2 aliphatic heterocycles. The van der Waals surface area contributed by atoms with Crippen LogP contribution >= 0.6 is 0 Å². The maximum Gasteiger partial charge on any atom is 0.258 e. The number of hydrogen-bond donors (Lipinski definition) is 4. The number of nitrogens with one attached hydrogen (secondary N) is 4. The van der Waals surface area contributed by atoms with Crippen LogP contribution in [0.4, 0.5) is 20.2 Å². The number of ether oxygens (including phenoxy) is 1. The van der Waals surface area contributed by atoms with Crippen molar-refractivity contribution in [3.8, 4) is 5.75 Å². The first-order chi connectivity index (χ1) is 18.9. The molecule has 2 aromatic carbocycles. The number of aromatic nitrogens is 1. The van der Waals surface area contributed by atoms with Crippen LogP contribution in [-0.4, -0.2) is 50.0 Å². The van der Waals surface area contributed by atoms with Crippen LogP contribution in [0.25, 0.3) is 10.9 Å². The molecule has 5 rings (SSSR count). The van der Waals surface area contributed by atoms with Crippen molar-refractivity contribution in [1.29, 1.82) is 0 Å². The molecule has 3 heterocycles. The van der Waals surface area contributed by atoms with E-state index < -0.39 is 17.5 Å². The van der Waals surface area contributed by atoms with Gasteiger partial charge >= 0.3 is 0 Å². The summed E-state index contributed by atoms with van der Waals surface area (Å²) in [6, 6.07) is 10.4. The summed E-state index contributed by atoms with van der Waals surface area (Å²) in [5.41, 5.74) is 2.63. The van der Waals surface area contributed by atoms with E-state index in [9.17, 15) is 9.18 Å². The third kappa shape index (κ3) is 5.51. The van der Waals surface area contributed by atoms with Gasteiger partial charge in [0.25, 0.3) is 5.91 Å². The number of carbonyl (C=O) groups excluding carboxylic acids is 1. The molecule has 2 aliphatic rings. The molecule has 1 atom stereocenters. The van der Waals surface area contributed by atoms with E-state index in [4.69, 9.17) is 4.74 Å². The van der Waals surface area contributed by atoms with Crippen molar-refractivity contribution in [3.05, 3.63) is 77.3 Å². The van der Waals surface area contributed by atoms with Crippen LogP contribution in [0, 0.1) is 24.5 Å². The molecule has 1 fully saturated rings. The molecular weight excluding hydrogens is 502 g/mol. The van der Waals surface area contributed by atoms with Gasteiger partial charge in [0, 0.05) is 73.9 Å². The number of amides is 1. The number of rotatable bonds is 5. The second kappa shape index (κ2) is 11.3. The molecule has 1 aromatic heterocycles. The lowest BCUT2D eigenvalue weighted by molar-refractivity contribution is -0.116. The number of aliphatic imine (C=N–C) groups is 1. The number of likely N-dealkylation sites (N-methyl/N-ethyl adjacent to an activating group) is 1. The van der Waals surface area contributed by atoms with Crippen molar-refractivity contribution < 1.29 is 18.3 Å². The minimum absolute atomic E-state index is 0.0692. The molecule has 0 bridgehead atoms. The number of piperazine rings is 1. The molecule has 1 amide bonds. The monoisotopic (exact) mass is 534 g/mol. The van der Waals surface area contributed by atoms with Gasteiger partial charge in [-0.05, 0) is 43.7 Å². The minimum atomic E-state index is -0.709. The fourth-order valence-electron chi connectivity index (χ4n) is 4.86. The number of aryl methyl sites for hydroxylation is 1. The zero-order chi connectivity index (χ0) is 27.5. The van der Waals surface area contributed by atoms with Crippen LogP contribution in [0.15, 0.2) is 65.0 Å². The number of halogens is 2. The Bertz CT molecular complexity index is 1470. The number of fused-ring (bicyclic) bond motifs is 1. The van der Waals surface area contributed by atoms with Gasteiger partial charge in [-0.25, -0.2) is 13.8 Å². The number of benzene rings is 2. The van der Waals surface area contributed by atoms with E-state index in [1.165, 1.54) is 13.1 Å². The zero-order valence-electron chi connectivity index (χ0n) is 22.2. The molecular formula is C29H32F2N6O2. The predicted molar refractivity (Wildman–Crippen MR) is 150 cm³/mol. The number of allylic oxidation sites excluding steroid dienone is 2. The quantitative estimate of drug-likeness (QED) is 0.384. The Morgan fingerprint density at radius 3 is 2.62 bits per heavy atom. The average Bonchev–Trinajstić information content (AvgIpc) is 3.35. The van der Waals surface area contributed by atoms with Crippen molar-refractivity contribution in [2.75, 3.05) is 43.4 Å². The van der Waals surface area contributed by atoms with E-state index in [0.29, 0.717) is 12.1 Å². The van der Waals surface area contributed by atoms with Crippen LogP contribution in [-0.2, 0) is 4.79 Å². The molecule has 39 heavy (non-hydrogen) atoms. The maximum atomic E-state index is 15.5. The number of H-pyrrole nitrogens is 1. The molecule has 1 unspecified atom stereocenters. The van der Waals surface area contributed by atoms with E-state index in [0.717, 1.165) is 43.6 Å². The van der Waals surface area contributed by atoms with Crippen molar-refractivity contribution in [1.82, 2.24) is 15.6 Å². The smallest absolute Gasteiger partial charge is 0.258 e. The second-order valence-electron chi connectivity index (χ2n) is 9.74. The number of anilines is 2. The lowest BCUT2D eigenvalue weighted by Crippen LogP contribution is -2.43. The third-order valence-electron chi connectivity index (χ3n) is 6.92. The predicted octanol–water partition coefficient (Wildman–Crippen LogP) is 4.61. The van der Waals surface area contributed by atoms with Crippen LogP contribution in [0.1, 0.15) is 19.0 Å². The second-order valence-corrected chi connectivity index (χ2v) is 9.74. The van der Waals surface area contributed by atoms with E-state index in [-0.39, 0.29) is 39.7 Å². The summed E-state index contributed by atoms with van der Waals surface area (Å²) in [4.78, 5) is 22.9. The standard InChI is InChI=1S/C29H32F2N6O2/c1-17-5-4-10-34-28(36-19-6-8-20(9-7-19)37-13-11-33-12-14-37)24(29(38)32-3)27(17)39-23-16-22(30)26-21(25(23)31)15-18(2)35-26/h4,6-10,15-17,33,35H,5,11-14H2,1-3H3,(H,32,38)(H,34,36)/b10-4+,27-24-. The highest BCUT2D eigenvalue weighted by Gasteiger charge is 2.29. The number of aromatic amines is 1. The molecule has 0 spiro atoms. The van der Waals surface area contributed by atoms with Crippen molar-refractivity contribution in [2.45, 2.75) is 20.3 Å². The SMILES string of the molecule is CNC(=O)C1=C(\Oc2cc(F)c3[nH]c(C)cc3c2F)C(C)C/C=C/N=C\1Nc1ccc(N2CCNCC2)cc1. The largest absolute Gasteiger partial charge is 0.457 e. The molecule has 0 radical (unpaired) electrons. The molecule has 1 saturated heterocycles. The third-order valence-corrected chi connectivity index (χ3v) is 6.92. The lowest BCUT2D eigenvalue weighted by atomic mass is 9.98. The van der Waals surface area contributed by atoms with E-state index >= 15 is 4.39 Å². The van der Waals surface area contributed by atoms with E-state index in [1.54, 1.807) is 13.1 Å². The van der Waals surface area contributed by atoms with Gasteiger partial charge in [0.15, 0.2) is 17.4 Å². The van der Waals surface area contributed by atoms with Gasteiger partial charge in [-0.2, -0.15) is 0 Å². The van der Waals surface area contributed by atoms with Crippen molar-refractivity contribution in [3.63, 3.8) is 0 Å². The van der Waals surface area contributed by atoms with Gasteiger partial charge in [0.1, 0.15) is 17.2 Å². The maximum absolute atomic E-state index is 15.5. The van der Waals surface area contributed by atoms with Crippen molar-refractivity contribution >= 4 is 34.0 Å². The zero-order valence-corrected chi connectivity index (χ0v) is 22.2. The summed E-state index contributed by atoms with van der Waals surface area (Å²) in [7, 11) is 1.50. The van der Waals surface area contributed by atoms with Gasteiger partial charge in [-0.1, -0.05) is 13.0 Å². The minimum Gasteiger partial charge on any atom is -0.457 e. The summed E-state index contributed by atoms with van der Waals surface area (Å²) in [6.07, 6.45) is 3.96. The number of carbonyl (C=O) groups is 1. The van der Waals surface area contributed by atoms with Crippen molar-refractivity contribution in [2.24, 2.45) is 10.9 Å². The summed E-state index contributed by atoms with van der Waals surface area (Å²) < 4.78 is 36.4. The highest BCUT2D eigenvalue weighted by Crippen LogP contribution is 2.34. The van der Waals surface area contributed by atoms with Crippen LogP contribution in [0.5, 0.6) is 5.75 Å². The Kier molecular flexibility index (Phi) is 7.65. The fraction of sp³-hybridized carbons (Fsp3) is 0.310. The first-order valence-electron chi connectivity index (χ1n) is 13.0. The first-order valence-corrected chi connectivity index (χ1v) is 13.0. The number of nitrogens with zero attached hydrogens (tertiary/aromatic N) is 2. The molecule has 8 nitrogen and oxygen atoms in total. The summed E-state index contributed by atoms with van der Waals surface area (Å²) >= 11 is 0. The van der Waals surface area contributed by atoms with Crippen LogP contribution in [0.3, 0.4) is 0 Å². The van der Waals surface area contributed by atoms with Gasteiger partial charge in [-0.3, -0.25) is 4.79 Å². The average molecular weight is 535 g/mol. The highest BCUT2D eigenvalue weighted by molar-refractivity contribution is 6.25.